The Morgan fingerprint density at radius 1 is 1.58 bits per heavy atom. The summed E-state index contributed by atoms with van der Waals surface area (Å²) in [5.74, 6) is -4.27. The van der Waals surface area contributed by atoms with Gasteiger partial charge in [0.15, 0.2) is 0 Å². The molecule has 1 nitrogen and oxygen atoms in total. The summed E-state index contributed by atoms with van der Waals surface area (Å²) in [4.78, 5) is 0.680. The summed E-state index contributed by atoms with van der Waals surface area (Å²) in [6.45, 7) is -0.421. The van der Waals surface area contributed by atoms with Gasteiger partial charge in [0, 0.05) is 4.88 Å². The van der Waals surface area contributed by atoms with Crippen molar-refractivity contribution in [3.63, 3.8) is 0 Å². The normalized spacial score (nSPS) is 31.9. The molecule has 1 aliphatic rings. The molecule has 4 heteroatoms. The summed E-state index contributed by atoms with van der Waals surface area (Å²) in [6.07, 6.45) is 0. The molecule has 0 amide bonds. The number of alkyl halides is 2. The van der Waals surface area contributed by atoms with Gasteiger partial charge in [-0.25, -0.2) is 8.78 Å². The van der Waals surface area contributed by atoms with Gasteiger partial charge < -0.3 is 5.11 Å². The van der Waals surface area contributed by atoms with Gasteiger partial charge in [0.25, 0.3) is 5.92 Å². The molecule has 0 spiro atoms. The number of aliphatic hydroxyl groups excluding tert-OH is 1. The average molecular weight is 190 g/mol. The second-order valence-corrected chi connectivity index (χ2v) is 3.94. The summed E-state index contributed by atoms with van der Waals surface area (Å²) in [5, 5.41) is 10.4. The summed E-state index contributed by atoms with van der Waals surface area (Å²) < 4.78 is 25.7. The van der Waals surface area contributed by atoms with Crippen molar-refractivity contribution in [2.24, 2.45) is 5.92 Å². The molecule has 0 aliphatic heterocycles. The minimum absolute atomic E-state index is 0.421. The zero-order valence-electron chi connectivity index (χ0n) is 6.21. The van der Waals surface area contributed by atoms with Crippen LogP contribution in [-0.2, 0) is 0 Å². The third-order valence-electron chi connectivity index (χ3n) is 2.25. The van der Waals surface area contributed by atoms with Crippen molar-refractivity contribution >= 4 is 11.3 Å². The van der Waals surface area contributed by atoms with Gasteiger partial charge in [-0.1, -0.05) is 6.07 Å². The van der Waals surface area contributed by atoms with Crippen LogP contribution in [-0.4, -0.2) is 17.6 Å². The second kappa shape index (κ2) is 2.50. The first-order valence-electron chi connectivity index (χ1n) is 3.70. The number of hydrogen-bond donors (Lipinski definition) is 1. The zero-order chi connectivity index (χ0) is 8.77. The quantitative estimate of drug-likeness (QED) is 0.757. The third-order valence-corrected chi connectivity index (χ3v) is 3.20. The van der Waals surface area contributed by atoms with Crippen LogP contribution in [0.4, 0.5) is 8.78 Å². The van der Waals surface area contributed by atoms with Crippen LogP contribution >= 0.6 is 11.3 Å². The molecule has 1 aromatic heterocycles. The van der Waals surface area contributed by atoms with Crippen molar-refractivity contribution in [1.82, 2.24) is 0 Å². The monoisotopic (exact) mass is 190 g/mol. The molecule has 1 heterocycles. The highest BCUT2D eigenvalue weighted by atomic mass is 32.1. The molecule has 1 N–H and O–H groups in total. The largest absolute Gasteiger partial charge is 0.396 e. The van der Waals surface area contributed by atoms with Crippen LogP contribution < -0.4 is 0 Å². The minimum Gasteiger partial charge on any atom is -0.396 e. The molecule has 1 aliphatic carbocycles. The number of aliphatic hydroxyl groups is 1. The van der Waals surface area contributed by atoms with Gasteiger partial charge in [-0.05, 0) is 11.4 Å². The highest BCUT2D eigenvalue weighted by Crippen LogP contribution is 2.61. The molecule has 1 saturated carbocycles. The molecule has 2 atom stereocenters. The van der Waals surface area contributed by atoms with Gasteiger partial charge in [0.2, 0.25) is 0 Å². The van der Waals surface area contributed by atoms with E-state index < -0.39 is 24.4 Å². The fourth-order valence-electron chi connectivity index (χ4n) is 1.47. The van der Waals surface area contributed by atoms with E-state index in [9.17, 15) is 8.78 Å². The van der Waals surface area contributed by atoms with Crippen LogP contribution in [0.1, 0.15) is 10.8 Å². The maximum Gasteiger partial charge on any atom is 0.262 e. The Kier molecular flexibility index (Phi) is 1.70. The summed E-state index contributed by atoms with van der Waals surface area (Å²) in [5.41, 5.74) is 0. The number of thiophene rings is 1. The first-order chi connectivity index (χ1) is 5.68. The van der Waals surface area contributed by atoms with Gasteiger partial charge in [-0.2, -0.15) is 0 Å². The molecule has 12 heavy (non-hydrogen) atoms. The second-order valence-electron chi connectivity index (χ2n) is 2.96. The lowest BCUT2D eigenvalue weighted by Crippen LogP contribution is -1.96. The van der Waals surface area contributed by atoms with Crippen molar-refractivity contribution in [2.45, 2.75) is 11.8 Å². The highest BCUT2D eigenvalue weighted by Gasteiger charge is 2.68. The van der Waals surface area contributed by atoms with E-state index in [1.165, 1.54) is 11.3 Å². The molecule has 1 fully saturated rings. The lowest BCUT2D eigenvalue weighted by molar-refractivity contribution is 0.0787. The maximum absolute atomic E-state index is 12.9. The number of rotatable bonds is 2. The van der Waals surface area contributed by atoms with Crippen LogP contribution in [0, 0.1) is 5.92 Å². The van der Waals surface area contributed by atoms with E-state index in [1.54, 1.807) is 17.5 Å². The fraction of sp³-hybridized carbons (Fsp3) is 0.500. The summed E-state index contributed by atoms with van der Waals surface area (Å²) >= 11 is 1.32. The number of hydrogen-bond acceptors (Lipinski definition) is 2. The van der Waals surface area contributed by atoms with E-state index in [0.717, 1.165) is 0 Å². The van der Waals surface area contributed by atoms with Crippen LogP contribution in [0.3, 0.4) is 0 Å². The van der Waals surface area contributed by atoms with Crippen LogP contribution in [0.2, 0.25) is 0 Å². The van der Waals surface area contributed by atoms with Crippen LogP contribution in [0.15, 0.2) is 17.5 Å². The average Bonchev–Trinajstić information content (AvgIpc) is 2.50. The summed E-state index contributed by atoms with van der Waals surface area (Å²) in [7, 11) is 0. The Hall–Kier alpha value is -0.480. The van der Waals surface area contributed by atoms with E-state index >= 15 is 0 Å². The van der Waals surface area contributed by atoms with E-state index in [-0.39, 0.29) is 0 Å². The first kappa shape index (κ1) is 8.13. The Morgan fingerprint density at radius 2 is 2.33 bits per heavy atom. The molecule has 2 rings (SSSR count). The third kappa shape index (κ3) is 0.983. The lowest BCUT2D eigenvalue weighted by atomic mass is 10.3. The van der Waals surface area contributed by atoms with Crippen molar-refractivity contribution in [3.8, 4) is 0 Å². The Labute approximate surface area is 72.7 Å². The standard InChI is InChI=1S/C8H8F2OS/c9-8(10)5(4-11)7(8)6-2-1-3-12-6/h1-3,5,7,11H,4H2/t5-,7-/m0/s1. The van der Waals surface area contributed by atoms with Crippen molar-refractivity contribution in [2.75, 3.05) is 6.61 Å². The van der Waals surface area contributed by atoms with Crippen molar-refractivity contribution < 1.29 is 13.9 Å². The van der Waals surface area contributed by atoms with E-state index in [4.69, 9.17) is 5.11 Å². The minimum atomic E-state index is -2.68. The summed E-state index contributed by atoms with van der Waals surface area (Å²) in [6, 6.07) is 3.45. The van der Waals surface area contributed by atoms with E-state index in [1.807, 2.05) is 0 Å². The Bertz CT molecular complexity index is 271. The molecular formula is C8H8F2OS. The molecule has 0 radical (unpaired) electrons. The van der Waals surface area contributed by atoms with Gasteiger partial charge in [-0.3, -0.25) is 0 Å². The Balaban J connectivity index is 2.19. The molecule has 0 unspecified atom stereocenters. The van der Waals surface area contributed by atoms with Gasteiger partial charge >= 0.3 is 0 Å². The predicted octanol–water partition coefficient (Wildman–Crippen LogP) is 2.09. The first-order valence-corrected chi connectivity index (χ1v) is 4.58. The molecule has 66 valence electrons. The molecular weight excluding hydrogens is 182 g/mol. The fourth-order valence-corrected chi connectivity index (χ4v) is 2.41. The number of halogens is 2. The molecule has 0 saturated heterocycles. The highest BCUT2D eigenvalue weighted by molar-refractivity contribution is 7.10. The van der Waals surface area contributed by atoms with Crippen LogP contribution in [0.5, 0.6) is 0 Å². The van der Waals surface area contributed by atoms with Gasteiger partial charge in [0.05, 0.1) is 18.4 Å². The smallest absolute Gasteiger partial charge is 0.262 e. The van der Waals surface area contributed by atoms with Gasteiger partial charge in [0.1, 0.15) is 0 Å². The van der Waals surface area contributed by atoms with Crippen molar-refractivity contribution in [3.05, 3.63) is 22.4 Å². The lowest BCUT2D eigenvalue weighted by Gasteiger charge is -1.90. The predicted molar refractivity (Wildman–Crippen MR) is 42.6 cm³/mol. The molecule has 1 aromatic rings. The molecule has 0 bridgehead atoms. The van der Waals surface area contributed by atoms with Gasteiger partial charge in [-0.15, -0.1) is 11.3 Å². The SMILES string of the molecule is OC[C@H]1[C@@H](c2cccs2)C1(F)F. The zero-order valence-corrected chi connectivity index (χ0v) is 7.02. The van der Waals surface area contributed by atoms with E-state index in [2.05, 4.69) is 0 Å². The van der Waals surface area contributed by atoms with Crippen LogP contribution in [0.25, 0.3) is 0 Å². The topological polar surface area (TPSA) is 20.2 Å². The Morgan fingerprint density at radius 3 is 2.75 bits per heavy atom. The maximum atomic E-state index is 12.9. The van der Waals surface area contributed by atoms with Crippen molar-refractivity contribution in [1.29, 1.82) is 0 Å². The van der Waals surface area contributed by atoms with E-state index in [0.29, 0.717) is 4.88 Å². The molecule has 0 aromatic carbocycles.